The number of benzene rings is 3. The number of nitrogens with zero attached hydrogens (tertiary/aromatic N) is 3. The van der Waals surface area contributed by atoms with Gasteiger partial charge in [-0.1, -0.05) is 42.5 Å². The molecule has 0 radical (unpaired) electrons. The molecule has 0 unspecified atom stereocenters. The van der Waals surface area contributed by atoms with E-state index in [1.54, 1.807) is 49.6 Å². The van der Waals surface area contributed by atoms with Crippen molar-refractivity contribution in [3.8, 4) is 16.9 Å². The fourth-order valence-electron chi connectivity index (χ4n) is 4.02. The molecule has 40 heavy (non-hydrogen) atoms. The van der Waals surface area contributed by atoms with E-state index in [1.807, 2.05) is 12.1 Å². The van der Waals surface area contributed by atoms with E-state index in [1.165, 1.54) is 29.1 Å². The molecule has 0 aliphatic rings. The molecule has 206 valence electrons. The van der Waals surface area contributed by atoms with Crippen LogP contribution in [-0.2, 0) is 24.3 Å². The van der Waals surface area contributed by atoms with E-state index in [0.29, 0.717) is 22.4 Å². The Morgan fingerprint density at radius 3 is 2.50 bits per heavy atom. The van der Waals surface area contributed by atoms with Gasteiger partial charge in [0.15, 0.2) is 0 Å². The van der Waals surface area contributed by atoms with Crippen LogP contribution in [0.5, 0.6) is 5.75 Å². The van der Waals surface area contributed by atoms with Gasteiger partial charge in [0.1, 0.15) is 11.6 Å². The molecule has 0 bridgehead atoms. The van der Waals surface area contributed by atoms with Crippen LogP contribution in [0.4, 0.5) is 5.69 Å². The zero-order chi connectivity index (χ0) is 27.9. The molecular formula is C28H27ClN6O5. The quantitative estimate of drug-likeness (QED) is 0.115. The average Bonchev–Trinajstić information content (AvgIpc) is 2.94. The number of amidine groups is 1. The van der Waals surface area contributed by atoms with Crippen LogP contribution in [0.3, 0.4) is 0 Å². The highest BCUT2D eigenvalue weighted by Gasteiger charge is 2.18. The zero-order valence-corrected chi connectivity index (χ0v) is 22.3. The van der Waals surface area contributed by atoms with Gasteiger partial charge in [-0.2, -0.15) is 5.10 Å². The summed E-state index contributed by atoms with van der Waals surface area (Å²) in [6.45, 7) is 0.321. The minimum absolute atomic E-state index is 0. The lowest BCUT2D eigenvalue weighted by atomic mass is 10.00. The van der Waals surface area contributed by atoms with Crippen molar-refractivity contribution >= 4 is 29.8 Å². The second kappa shape index (κ2) is 13.2. The maximum Gasteiger partial charge on any atom is 0.271 e. The molecule has 1 aromatic heterocycles. The van der Waals surface area contributed by atoms with Gasteiger partial charge in [0, 0.05) is 35.4 Å². The molecule has 12 heteroatoms. The number of amides is 1. The number of hydrogen-bond donors (Lipinski definition) is 3. The standard InChI is InChI=1S/C28H26N6O5.ClH/c1-39-23-10-8-18(9-11-23)17-33-28(36)24(25(16-32-33)20-5-3-7-22(13-20)34(37)38)14-26(35)31-15-19-4-2-6-21(12-19)27(29)30;/h2-13,16H,14-15,17H2,1H3,(H3,29,30)(H,31,35);1H. The number of halogens is 1. The number of carbonyl (C=O) groups excluding carboxylic acids is 1. The van der Waals surface area contributed by atoms with E-state index in [2.05, 4.69) is 10.4 Å². The van der Waals surface area contributed by atoms with Crippen LogP contribution in [0, 0.1) is 15.5 Å². The van der Waals surface area contributed by atoms with Crippen LogP contribution in [-0.4, -0.2) is 33.6 Å². The third-order valence-electron chi connectivity index (χ3n) is 6.07. The minimum atomic E-state index is -0.524. The maximum absolute atomic E-state index is 13.6. The van der Waals surface area contributed by atoms with E-state index < -0.39 is 16.4 Å². The Bertz CT molecular complexity index is 1600. The summed E-state index contributed by atoms with van der Waals surface area (Å²) < 4.78 is 6.43. The normalized spacial score (nSPS) is 10.3. The van der Waals surface area contributed by atoms with Crippen LogP contribution in [0.2, 0.25) is 0 Å². The van der Waals surface area contributed by atoms with Gasteiger partial charge in [0.05, 0.1) is 31.2 Å². The largest absolute Gasteiger partial charge is 0.497 e. The third-order valence-corrected chi connectivity index (χ3v) is 6.07. The fraction of sp³-hybridized carbons (Fsp3) is 0.143. The third kappa shape index (κ3) is 7.08. The second-order valence-corrected chi connectivity index (χ2v) is 8.72. The van der Waals surface area contributed by atoms with Gasteiger partial charge in [0.2, 0.25) is 5.91 Å². The smallest absolute Gasteiger partial charge is 0.271 e. The number of methoxy groups -OCH3 is 1. The number of nitrogens with one attached hydrogen (secondary N) is 2. The Hall–Kier alpha value is -5.03. The number of nitrogen functional groups attached to an aromatic ring is 1. The lowest BCUT2D eigenvalue weighted by molar-refractivity contribution is -0.384. The van der Waals surface area contributed by atoms with Crippen molar-refractivity contribution in [3.05, 3.63) is 122 Å². The van der Waals surface area contributed by atoms with Gasteiger partial charge in [-0.25, -0.2) is 4.68 Å². The summed E-state index contributed by atoms with van der Waals surface area (Å²) in [5, 5.41) is 26.0. The summed E-state index contributed by atoms with van der Waals surface area (Å²) >= 11 is 0. The molecule has 0 fully saturated rings. The number of rotatable bonds is 10. The van der Waals surface area contributed by atoms with Crippen LogP contribution in [0.25, 0.3) is 11.1 Å². The van der Waals surface area contributed by atoms with Crippen LogP contribution >= 0.6 is 12.4 Å². The van der Waals surface area contributed by atoms with Crippen molar-refractivity contribution in [2.24, 2.45) is 5.73 Å². The topological polar surface area (TPSA) is 166 Å². The Balaban J connectivity index is 0.00000441. The van der Waals surface area contributed by atoms with E-state index in [9.17, 15) is 19.7 Å². The number of hydrogen-bond acceptors (Lipinski definition) is 7. The monoisotopic (exact) mass is 562 g/mol. The Labute approximate surface area is 235 Å². The number of ether oxygens (including phenoxy) is 1. The van der Waals surface area contributed by atoms with Crippen molar-refractivity contribution in [2.45, 2.75) is 19.5 Å². The van der Waals surface area contributed by atoms with Gasteiger partial charge in [0.25, 0.3) is 11.2 Å². The molecule has 4 rings (SSSR count). The Kier molecular flexibility index (Phi) is 9.71. The summed E-state index contributed by atoms with van der Waals surface area (Å²) in [4.78, 5) is 37.4. The SMILES string of the molecule is COc1ccc(Cn2ncc(-c3cccc([N+](=O)[O-])c3)c(CC(=O)NCc3cccc(C(=N)N)c3)c2=O)cc1.Cl. The van der Waals surface area contributed by atoms with Crippen molar-refractivity contribution in [1.82, 2.24) is 15.1 Å². The summed E-state index contributed by atoms with van der Waals surface area (Å²) in [5.74, 6) is 0.166. The van der Waals surface area contributed by atoms with Crippen molar-refractivity contribution < 1.29 is 14.5 Å². The fourth-order valence-corrected chi connectivity index (χ4v) is 4.02. The molecule has 0 aliphatic carbocycles. The number of nitrogens with two attached hydrogens (primary N) is 1. The van der Waals surface area contributed by atoms with Crippen molar-refractivity contribution in [1.29, 1.82) is 5.41 Å². The summed E-state index contributed by atoms with van der Waals surface area (Å²) in [6.07, 6.45) is 1.18. The zero-order valence-electron chi connectivity index (χ0n) is 21.5. The predicted octanol–water partition coefficient (Wildman–Crippen LogP) is 3.44. The molecular weight excluding hydrogens is 536 g/mol. The van der Waals surface area contributed by atoms with E-state index >= 15 is 0 Å². The lowest BCUT2D eigenvalue weighted by Gasteiger charge is -2.13. The predicted molar refractivity (Wildman–Crippen MR) is 153 cm³/mol. The first-order valence-electron chi connectivity index (χ1n) is 11.9. The molecule has 11 nitrogen and oxygen atoms in total. The highest BCUT2D eigenvalue weighted by Crippen LogP contribution is 2.25. The number of nitro groups is 1. The molecule has 4 N–H and O–H groups in total. The Morgan fingerprint density at radius 1 is 1.10 bits per heavy atom. The second-order valence-electron chi connectivity index (χ2n) is 8.72. The van der Waals surface area contributed by atoms with Gasteiger partial charge in [-0.05, 0) is 34.9 Å². The van der Waals surface area contributed by atoms with E-state index in [-0.39, 0.29) is 49.0 Å². The molecule has 0 aliphatic heterocycles. The van der Waals surface area contributed by atoms with Crippen LogP contribution in [0.15, 0.2) is 83.8 Å². The first-order valence-corrected chi connectivity index (χ1v) is 11.9. The minimum Gasteiger partial charge on any atom is -0.497 e. The molecule has 0 saturated carbocycles. The molecule has 0 saturated heterocycles. The molecule has 4 aromatic rings. The summed E-state index contributed by atoms with van der Waals surface area (Å²) in [7, 11) is 1.56. The average molecular weight is 563 g/mol. The van der Waals surface area contributed by atoms with Gasteiger partial charge in [-0.15, -0.1) is 12.4 Å². The van der Waals surface area contributed by atoms with E-state index in [0.717, 1.165) is 11.1 Å². The molecule has 3 aromatic carbocycles. The van der Waals surface area contributed by atoms with Gasteiger partial charge >= 0.3 is 0 Å². The van der Waals surface area contributed by atoms with Crippen LogP contribution in [0.1, 0.15) is 22.3 Å². The number of non-ortho nitro benzene ring substituents is 1. The summed E-state index contributed by atoms with van der Waals surface area (Å²) in [6, 6.07) is 19.9. The number of carbonyl (C=O) groups is 1. The maximum atomic E-state index is 13.6. The highest BCUT2D eigenvalue weighted by atomic mass is 35.5. The van der Waals surface area contributed by atoms with Crippen LogP contribution < -0.4 is 21.3 Å². The molecule has 0 atom stereocenters. The number of nitro benzene ring substituents is 1. The number of aromatic nitrogens is 2. The molecule has 0 spiro atoms. The molecule has 1 amide bonds. The van der Waals surface area contributed by atoms with Crippen molar-refractivity contribution in [3.63, 3.8) is 0 Å². The molecule has 1 heterocycles. The van der Waals surface area contributed by atoms with Gasteiger partial charge in [-0.3, -0.25) is 25.1 Å². The summed E-state index contributed by atoms with van der Waals surface area (Å²) in [5.41, 5.74) is 7.89. The lowest BCUT2D eigenvalue weighted by Crippen LogP contribution is -2.32. The van der Waals surface area contributed by atoms with E-state index in [4.69, 9.17) is 15.9 Å². The first kappa shape index (κ1) is 29.5. The Morgan fingerprint density at radius 2 is 1.82 bits per heavy atom. The first-order chi connectivity index (χ1) is 18.7. The highest BCUT2D eigenvalue weighted by molar-refractivity contribution is 5.95. The van der Waals surface area contributed by atoms with Gasteiger partial charge < -0.3 is 15.8 Å². The van der Waals surface area contributed by atoms with Crippen molar-refractivity contribution in [2.75, 3.05) is 7.11 Å².